The summed E-state index contributed by atoms with van der Waals surface area (Å²) >= 11 is 0. The Morgan fingerprint density at radius 3 is 2.27 bits per heavy atom. The molecule has 0 spiro atoms. The van der Waals surface area contributed by atoms with Crippen LogP contribution in [0.4, 0.5) is 5.69 Å². The van der Waals surface area contributed by atoms with Crippen molar-refractivity contribution >= 4 is 28.3 Å². The Kier molecular flexibility index (Phi) is 3.02. The van der Waals surface area contributed by atoms with Gasteiger partial charge >= 0.3 is 0 Å². The largest absolute Gasteiger partial charge is 0.495 e. The summed E-state index contributed by atoms with van der Waals surface area (Å²) in [5.74, 6) is -0.0609. The van der Waals surface area contributed by atoms with Gasteiger partial charge in [0, 0.05) is 16.8 Å². The van der Waals surface area contributed by atoms with Crippen LogP contribution < -0.4 is 9.64 Å². The van der Waals surface area contributed by atoms with Crippen molar-refractivity contribution in [2.45, 2.75) is 6.42 Å². The zero-order valence-electron chi connectivity index (χ0n) is 14.2. The highest BCUT2D eigenvalue weighted by Gasteiger charge is 2.59. The lowest BCUT2D eigenvalue weighted by Gasteiger charge is -2.21. The van der Waals surface area contributed by atoms with Gasteiger partial charge in [0.05, 0.1) is 24.6 Å². The number of methoxy groups -OCH3 is 1. The molecule has 0 N–H and O–H groups in total. The van der Waals surface area contributed by atoms with E-state index in [1.54, 1.807) is 6.07 Å². The molecule has 4 unspecified atom stereocenters. The Hall–Kier alpha value is -3.13. The van der Waals surface area contributed by atoms with E-state index >= 15 is 0 Å². The third kappa shape index (κ3) is 1.74. The normalized spacial score (nSPS) is 28.7. The second-order valence-corrected chi connectivity index (χ2v) is 7.14. The van der Waals surface area contributed by atoms with Crippen molar-refractivity contribution in [3.05, 3.63) is 48.0 Å². The average molecular weight is 344 g/mol. The number of fused-ring (bicyclic) bond motifs is 6. The molecule has 128 valence electrons. The van der Waals surface area contributed by atoms with E-state index in [0.717, 1.165) is 6.42 Å². The average Bonchev–Trinajstić information content (AvgIpc) is 3.34. The van der Waals surface area contributed by atoms with Crippen molar-refractivity contribution in [2.75, 3.05) is 12.0 Å². The van der Waals surface area contributed by atoms with Gasteiger partial charge < -0.3 is 4.74 Å². The summed E-state index contributed by atoms with van der Waals surface area (Å²) in [6.07, 6.45) is 5.06. The standard InChI is InChI=1S/C21H16N2O3/c1-26-17-9-16(14-5-3-2-4-13(14)15(17)10-22)23-20(24)18-11-6-7-12(8-11)19(18)21(23)25/h2-7,9,11-12,18-19H,8H2,1H3. The fourth-order valence-electron chi connectivity index (χ4n) is 4.93. The number of hydrogen-bond acceptors (Lipinski definition) is 4. The van der Waals surface area contributed by atoms with E-state index in [1.807, 2.05) is 24.3 Å². The Balaban J connectivity index is 1.72. The van der Waals surface area contributed by atoms with Gasteiger partial charge in [0.2, 0.25) is 11.8 Å². The minimum atomic E-state index is -0.252. The lowest BCUT2D eigenvalue weighted by atomic mass is 9.85. The Morgan fingerprint density at radius 1 is 1.08 bits per heavy atom. The molecule has 26 heavy (non-hydrogen) atoms. The number of nitriles is 1. The summed E-state index contributed by atoms with van der Waals surface area (Å²) in [4.78, 5) is 27.6. The number of imide groups is 1. The second kappa shape index (κ2) is 5.18. The fourth-order valence-corrected chi connectivity index (χ4v) is 4.93. The maximum absolute atomic E-state index is 13.2. The van der Waals surface area contributed by atoms with E-state index in [0.29, 0.717) is 27.8 Å². The minimum Gasteiger partial charge on any atom is -0.495 e. The molecule has 2 fully saturated rings. The van der Waals surface area contributed by atoms with Gasteiger partial charge in [-0.3, -0.25) is 9.59 Å². The first-order valence-corrected chi connectivity index (χ1v) is 8.71. The van der Waals surface area contributed by atoms with Gasteiger partial charge in [0.1, 0.15) is 17.4 Å². The number of allylic oxidation sites excluding steroid dienone is 2. The van der Waals surface area contributed by atoms with Crippen LogP contribution in [0.25, 0.3) is 10.8 Å². The molecule has 0 aromatic heterocycles. The third-order valence-corrected chi connectivity index (χ3v) is 6.03. The van der Waals surface area contributed by atoms with Gasteiger partial charge in [0.15, 0.2) is 0 Å². The van der Waals surface area contributed by atoms with E-state index < -0.39 is 0 Å². The molecule has 1 aliphatic heterocycles. The summed E-state index contributed by atoms with van der Waals surface area (Å²) < 4.78 is 5.38. The topological polar surface area (TPSA) is 70.4 Å². The number of carbonyl (C=O) groups excluding carboxylic acids is 2. The van der Waals surface area contributed by atoms with Gasteiger partial charge in [-0.05, 0) is 18.3 Å². The van der Waals surface area contributed by atoms with Gasteiger partial charge in [-0.2, -0.15) is 5.26 Å². The van der Waals surface area contributed by atoms with Gasteiger partial charge in [-0.25, -0.2) is 4.90 Å². The summed E-state index contributed by atoms with van der Waals surface area (Å²) in [6, 6.07) is 11.1. The Labute approximate surface area is 150 Å². The molecule has 3 aliphatic rings. The lowest BCUT2D eigenvalue weighted by molar-refractivity contribution is -0.123. The van der Waals surface area contributed by atoms with Gasteiger partial charge in [0.25, 0.3) is 0 Å². The summed E-state index contributed by atoms with van der Waals surface area (Å²) in [5.41, 5.74) is 0.924. The van der Waals surface area contributed by atoms with Crippen molar-refractivity contribution in [3.63, 3.8) is 0 Å². The summed E-state index contributed by atoms with van der Waals surface area (Å²) in [6.45, 7) is 0. The molecule has 1 saturated heterocycles. The van der Waals surface area contributed by atoms with Crippen LogP contribution in [0, 0.1) is 35.0 Å². The highest BCUT2D eigenvalue weighted by atomic mass is 16.5. The number of carbonyl (C=O) groups is 2. The monoisotopic (exact) mass is 344 g/mol. The first-order chi connectivity index (χ1) is 12.7. The second-order valence-electron chi connectivity index (χ2n) is 7.14. The highest BCUT2D eigenvalue weighted by Crippen LogP contribution is 2.54. The van der Waals surface area contributed by atoms with Crippen molar-refractivity contribution in [1.82, 2.24) is 0 Å². The number of anilines is 1. The van der Waals surface area contributed by atoms with Crippen LogP contribution in [0.5, 0.6) is 5.75 Å². The smallest absolute Gasteiger partial charge is 0.238 e. The zero-order chi connectivity index (χ0) is 18.0. The van der Waals surface area contributed by atoms with Crippen LogP contribution >= 0.6 is 0 Å². The number of rotatable bonds is 2. The van der Waals surface area contributed by atoms with Gasteiger partial charge in [-0.1, -0.05) is 36.4 Å². The van der Waals surface area contributed by atoms with Crippen LogP contribution in [0.15, 0.2) is 42.5 Å². The van der Waals surface area contributed by atoms with Crippen molar-refractivity contribution in [1.29, 1.82) is 5.26 Å². The van der Waals surface area contributed by atoms with Crippen LogP contribution in [0.2, 0.25) is 0 Å². The molecule has 0 radical (unpaired) electrons. The molecule has 2 amide bonds. The molecule has 5 rings (SSSR count). The Bertz CT molecular complexity index is 1020. The molecular formula is C21H16N2O3. The van der Waals surface area contributed by atoms with E-state index in [-0.39, 0.29) is 35.5 Å². The fraction of sp³-hybridized carbons (Fsp3) is 0.286. The van der Waals surface area contributed by atoms with E-state index in [2.05, 4.69) is 18.2 Å². The molecule has 4 atom stereocenters. The predicted molar refractivity (Wildman–Crippen MR) is 95.4 cm³/mol. The number of hydrogen-bond donors (Lipinski definition) is 0. The summed E-state index contributed by atoms with van der Waals surface area (Å²) in [7, 11) is 1.49. The zero-order valence-corrected chi connectivity index (χ0v) is 14.2. The van der Waals surface area contributed by atoms with Crippen molar-refractivity contribution in [3.8, 4) is 11.8 Å². The first kappa shape index (κ1) is 15.2. The number of nitrogens with zero attached hydrogens (tertiary/aromatic N) is 2. The van der Waals surface area contributed by atoms with E-state index in [4.69, 9.17) is 4.74 Å². The maximum Gasteiger partial charge on any atom is 0.238 e. The van der Waals surface area contributed by atoms with Crippen molar-refractivity contribution in [2.24, 2.45) is 23.7 Å². The first-order valence-electron chi connectivity index (χ1n) is 8.71. The molecule has 1 saturated carbocycles. The lowest BCUT2D eigenvalue weighted by Crippen LogP contribution is -2.33. The van der Waals surface area contributed by atoms with Gasteiger partial charge in [-0.15, -0.1) is 0 Å². The summed E-state index contributed by atoms with van der Waals surface area (Å²) in [5, 5.41) is 10.9. The molecule has 2 bridgehead atoms. The van der Waals surface area contributed by atoms with Crippen molar-refractivity contribution < 1.29 is 14.3 Å². The molecule has 2 aromatic carbocycles. The number of amides is 2. The SMILES string of the molecule is COc1cc(N2C(=O)C3C4C=CC(C4)C3C2=O)c2ccccc2c1C#N. The molecular weight excluding hydrogens is 328 g/mol. The predicted octanol–water partition coefficient (Wildman–Crippen LogP) is 3.03. The number of benzene rings is 2. The molecule has 1 heterocycles. The van der Waals surface area contributed by atoms with Crippen LogP contribution in [0.3, 0.4) is 0 Å². The highest BCUT2D eigenvalue weighted by molar-refractivity contribution is 6.26. The van der Waals surface area contributed by atoms with Crippen LogP contribution in [-0.2, 0) is 9.59 Å². The van der Waals surface area contributed by atoms with Crippen LogP contribution in [-0.4, -0.2) is 18.9 Å². The third-order valence-electron chi connectivity index (χ3n) is 6.03. The quantitative estimate of drug-likeness (QED) is 0.620. The minimum absolute atomic E-state index is 0.131. The van der Waals surface area contributed by atoms with Crippen LogP contribution in [0.1, 0.15) is 12.0 Å². The van der Waals surface area contributed by atoms with E-state index in [9.17, 15) is 14.9 Å². The molecule has 2 aliphatic carbocycles. The van der Waals surface area contributed by atoms with E-state index in [1.165, 1.54) is 12.0 Å². The Morgan fingerprint density at radius 2 is 1.69 bits per heavy atom. The molecule has 5 heteroatoms. The molecule has 2 aromatic rings. The number of ether oxygens (including phenoxy) is 1. The molecule has 5 nitrogen and oxygen atoms in total. The maximum atomic E-state index is 13.2.